The van der Waals surface area contributed by atoms with E-state index >= 15 is 0 Å². The molecule has 3 heteroatoms. The van der Waals surface area contributed by atoms with Crippen molar-refractivity contribution in [3.05, 3.63) is 158 Å². The Hall–Kier alpha value is -4.86. The third-order valence-electron chi connectivity index (χ3n) is 6.79. The summed E-state index contributed by atoms with van der Waals surface area (Å²) in [5.41, 5.74) is 9.12. The molecule has 4 aromatic carbocycles. The zero-order valence-electron chi connectivity index (χ0n) is 20.4. The summed E-state index contributed by atoms with van der Waals surface area (Å²) in [6.45, 7) is 0. The molecule has 2 aromatic heterocycles. The van der Waals surface area contributed by atoms with Gasteiger partial charge in [-0.3, -0.25) is 9.97 Å². The zero-order valence-corrected chi connectivity index (χ0v) is 20.4. The smallest absolute Gasteiger partial charge is 0.148 e. The third-order valence-corrected chi connectivity index (χ3v) is 6.79. The summed E-state index contributed by atoms with van der Waals surface area (Å²) in [5.74, 6) is 0. The lowest BCUT2D eigenvalue weighted by atomic mass is 10.0. The van der Waals surface area contributed by atoms with Crippen LogP contribution in [0.5, 0.6) is 0 Å². The molecule has 0 aliphatic heterocycles. The number of pyridine rings is 2. The lowest BCUT2D eigenvalue weighted by molar-refractivity contribution is 0.704. The fraction of sp³-hybridized carbons (Fsp3) is 0. The van der Waals surface area contributed by atoms with Gasteiger partial charge in [-0.25, -0.2) is 0 Å². The quantitative estimate of drug-likeness (QED) is 0.224. The number of para-hydroxylation sites is 2. The highest BCUT2D eigenvalue weighted by Gasteiger charge is 2.39. The van der Waals surface area contributed by atoms with Gasteiger partial charge in [-0.2, -0.15) is 4.48 Å². The van der Waals surface area contributed by atoms with Gasteiger partial charge in [0, 0.05) is 73.3 Å². The standard InChI is InChI=1S/C34H26N3/c1-3-11-31(12-4-1)37(32-13-5-2-6-14-32,33-19-15-27(16-20-33)29-9-7-23-35-25-29)34-21-17-28(18-22-34)30-10-8-24-36-26-30/h1-26H/q+1. The van der Waals surface area contributed by atoms with Gasteiger partial charge in [-0.15, -0.1) is 0 Å². The highest BCUT2D eigenvalue weighted by molar-refractivity contribution is 5.83. The first-order chi connectivity index (χ1) is 18.4. The number of hydrogen-bond donors (Lipinski definition) is 0. The Balaban J connectivity index is 1.57. The molecule has 0 atom stereocenters. The molecule has 0 saturated heterocycles. The molecule has 0 spiro atoms. The molecular formula is C34H26N3+. The van der Waals surface area contributed by atoms with Crippen molar-refractivity contribution >= 4 is 22.7 Å². The monoisotopic (exact) mass is 476 g/mol. The van der Waals surface area contributed by atoms with Gasteiger partial charge in [0.05, 0.1) is 0 Å². The van der Waals surface area contributed by atoms with Gasteiger partial charge >= 0.3 is 0 Å². The number of benzene rings is 4. The molecule has 6 rings (SSSR count). The van der Waals surface area contributed by atoms with Crippen molar-refractivity contribution in [3.63, 3.8) is 0 Å². The van der Waals surface area contributed by atoms with E-state index in [4.69, 9.17) is 0 Å². The SMILES string of the molecule is c1ccc([N+](c2ccccc2)(c2ccc(-c3cccnc3)cc2)c2ccc(-c3cccnc3)cc2)cc1. The second-order valence-corrected chi connectivity index (χ2v) is 8.92. The van der Waals surface area contributed by atoms with E-state index in [1.807, 2.05) is 24.5 Å². The highest BCUT2D eigenvalue weighted by atomic mass is 15.4. The molecule has 3 nitrogen and oxygen atoms in total. The van der Waals surface area contributed by atoms with E-state index in [0.717, 1.165) is 45.0 Å². The van der Waals surface area contributed by atoms with Crippen LogP contribution < -0.4 is 4.48 Å². The van der Waals surface area contributed by atoms with Crippen LogP contribution in [-0.2, 0) is 0 Å². The molecule has 0 radical (unpaired) electrons. The van der Waals surface area contributed by atoms with Crippen LogP contribution in [0.4, 0.5) is 22.7 Å². The Kier molecular flexibility index (Phi) is 6.12. The van der Waals surface area contributed by atoms with Crippen molar-refractivity contribution in [2.75, 3.05) is 0 Å². The maximum absolute atomic E-state index is 4.30. The summed E-state index contributed by atoms with van der Waals surface area (Å²) < 4.78 is 0.461. The minimum atomic E-state index is 0.461. The molecule has 0 bridgehead atoms. The Morgan fingerprint density at radius 1 is 0.324 bits per heavy atom. The summed E-state index contributed by atoms with van der Waals surface area (Å²) in [5, 5.41) is 0. The van der Waals surface area contributed by atoms with Crippen LogP contribution in [0.2, 0.25) is 0 Å². The van der Waals surface area contributed by atoms with Gasteiger partial charge in [-0.05, 0) is 58.7 Å². The second kappa shape index (κ2) is 10.0. The maximum Gasteiger partial charge on any atom is 0.148 e. The number of rotatable bonds is 6. The molecule has 0 amide bonds. The molecule has 0 unspecified atom stereocenters. The van der Waals surface area contributed by atoms with Crippen molar-refractivity contribution in [1.82, 2.24) is 14.5 Å². The van der Waals surface area contributed by atoms with Crippen LogP contribution in [-0.4, -0.2) is 9.97 Å². The number of aromatic nitrogens is 2. The molecule has 37 heavy (non-hydrogen) atoms. The molecule has 0 aliphatic rings. The molecule has 0 saturated carbocycles. The van der Waals surface area contributed by atoms with Crippen molar-refractivity contribution in [3.8, 4) is 22.3 Å². The lowest BCUT2D eigenvalue weighted by Gasteiger charge is -2.37. The van der Waals surface area contributed by atoms with E-state index in [1.165, 1.54) is 0 Å². The normalized spacial score (nSPS) is 11.2. The first-order valence-electron chi connectivity index (χ1n) is 12.4. The fourth-order valence-electron chi connectivity index (χ4n) is 5.02. The van der Waals surface area contributed by atoms with Gasteiger partial charge < -0.3 is 0 Å². The predicted molar refractivity (Wildman–Crippen MR) is 153 cm³/mol. The van der Waals surface area contributed by atoms with Gasteiger partial charge in [0.15, 0.2) is 0 Å². The van der Waals surface area contributed by atoms with E-state index in [-0.39, 0.29) is 0 Å². The number of hydrogen-bond acceptors (Lipinski definition) is 2. The van der Waals surface area contributed by atoms with E-state index in [9.17, 15) is 0 Å². The van der Waals surface area contributed by atoms with Crippen LogP contribution in [0.1, 0.15) is 0 Å². The van der Waals surface area contributed by atoms with Gasteiger partial charge in [0.25, 0.3) is 0 Å². The van der Waals surface area contributed by atoms with Crippen LogP contribution in [0.15, 0.2) is 158 Å². The summed E-state index contributed by atoms with van der Waals surface area (Å²) in [7, 11) is 0. The summed E-state index contributed by atoms with van der Waals surface area (Å²) in [4.78, 5) is 8.60. The summed E-state index contributed by atoms with van der Waals surface area (Å²) in [6, 6.07) is 47.2. The van der Waals surface area contributed by atoms with Crippen molar-refractivity contribution in [2.24, 2.45) is 0 Å². The Bertz CT molecular complexity index is 1440. The Morgan fingerprint density at radius 3 is 1.05 bits per heavy atom. The number of nitrogens with zero attached hydrogens (tertiary/aromatic N) is 3. The first kappa shape index (κ1) is 22.6. The molecule has 176 valence electrons. The van der Waals surface area contributed by atoms with Gasteiger partial charge in [-0.1, -0.05) is 48.5 Å². The summed E-state index contributed by atoms with van der Waals surface area (Å²) >= 11 is 0. The molecular weight excluding hydrogens is 450 g/mol. The minimum Gasteiger partial charge on any atom is -0.264 e. The summed E-state index contributed by atoms with van der Waals surface area (Å²) in [6.07, 6.45) is 7.42. The largest absolute Gasteiger partial charge is 0.264 e. The molecule has 2 heterocycles. The van der Waals surface area contributed by atoms with E-state index < -0.39 is 0 Å². The Morgan fingerprint density at radius 2 is 0.703 bits per heavy atom. The topological polar surface area (TPSA) is 25.8 Å². The van der Waals surface area contributed by atoms with Crippen LogP contribution in [0, 0.1) is 0 Å². The molecule has 0 N–H and O–H groups in total. The molecule has 0 fully saturated rings. The van der Waals surface area contributed by atoms with Crippen LogP contribution in [0.25, 0.3) is 22.3 Å². The first-order valence-corrected chi connectivity index (χ1v) is 12.4. The van der Waals surface area contributed by atoms with Crippen molar-refractivity contribution < 1.29 is 0 Å². The van der Waals surface area contributed by atoms with Gasteiger partial charge in [0.2, 0.25) is 0 Å². The lowest BCUT2D eigenvalue weighted by Crippen LogP contribution is -2.33. The van der Waals surface area contributed by atoms with Crippen molar-refractivity contribution in [2.45, 2.75) is 0 Å². The van der Waals surface area contributed by atoms with E-state index in [1.54, 1.807) is 12.4 Å². The number of quaternary nitrogens is 1. The third kappa shape index (κ3) is 4.22. The minimum absolute atomic E-state index is 0.461. The second-order valence-electron chi connectivity index (χ2n) is 8.92. The van der Waals surface area contributed by atoms with E-state index in [2.05, 4.69) is 131 Å². The van der Waals surface area contributed by atoms with E-state index in [0.29, 0.717) is 4.48 Å². The Labute approximate surface area is 217 Å². The van der Waals surface area contributed by atoms with Crippen LogP contribution >= 0.6 is 0 Å². The zero-order chi connectivity index (χ0) is 24.9. The average molecular weight is 477 g/mol. The van der Waals surface area contributed by atoms with Crippen molar-refractivity contribution in [1.29, 1.82) is 0 Å². The maximum atomic E-state index is 4.30. The predicted octanol–water partition coefficient (Wildman–Crippen LogP) is 9.11. The fourth-order valence-corrected chi connectivity index (χ4v) is 5.02. The van der Waals surface area contributed by atoms with Crippen LogP contribution in [0.3, 0.4) is 0 Å². The highest BCUT2D eigenvalue weighted by Crippen LogP contribution is 2.51. The average Bonchev–Trinajstić information content (AvgIpc) is 3.00. The molecule has 6 aromatic rings. The molecule has 0 aliphatic carbocycles. The van der Waals surface area contributed by atoms with Gasteiger partial charge in [0.1, 0.15) is 22.7 Å².